The van der Waals surface area contributed by atoms with Gasteiger partial charge in [0.1, 0.15) is 0 Å². The summed E-state index contributed by atoms with van der Waals surface area (Å²) in [6, 6.07) is 20.1. The van der Waals surface area contributed by atoms with Gasteiger partial charge >= 0.3 is 0 Å². The molecule has 2 aliphatic rings. The van der Waals surface area contributed by atoms with Crippen LogP contribution >= 0.6 is 0 Å². The number of hydrogen-bond acceptors (Lipinski definition) is 2. The molecule has 1 atom stereocenters. The van der Waals surface area contributed by atoms with Crippen molar-refractivity contribution in [1.29, 1.82) is 0 Å². The molecule has 0 N–H and O–H groups in total. The number of amides is 1. The van der Waals surface area contributed by atoms with Crippen LogP contribution in [0.3, 0.4) is 0 Å². The molecule has 4 rings (SSSR count). The van der Waals surface area contributed by atoms with E-state index < -0.39 is 5.41 Å². The van der Waals surface area contributed by atoms with Gasteiger partial charge in [-0.1, -0.05) is 60.7 Å². The predicted octanol–water partition coefficient (Wildman–Crippen LogP) is 3.17. The molecule has 0 radical (unpaired) electrons. The van der Waals surface area contributed by atoms with Crippen LogP contribution in [0.5, 0.6) is 0 Å². The van der Waals surface area contributed by atoms with E-state index in [9.17, 15) is 4.79 Å². The van der Waals surface area contributed by atoms with E-state index >= 15 is 0 Å². The van der Waals surface area contributed by atoms with Gasteiger partial charge in [0, 0.05) is 12.1 Å². The first kappa shape index (κ1) is 13.9. The molecule has 3 nitrogen and oxygen atoms in total. The third-order valence-corrected chi connectivity index (χ3v) is 4.66. The van der Waals surface area contributed by atoms with Gasteiger partial charge in [0.25, 0.3) is 0 Å². The third kappa shape index (κ3) is 2.12. The zero-order valence-electron chi connectivity index (χ0n) is 13.1. The SMILES string of the molecule is CC1(c2ccccc2)C=C2C(c3ccccc3)=NCCN2C1=O. The number of carbonyl (C=O) groups is 1. The summed E-state index contributed by atoms with van der Waals surface area (Å²) in [6.07, 6.45) is 2.08. The normalized spacial score (nSPS) is 23.3. The number of nitrogens with zero attached hydrogens (tertiary/aromatic N) is 2. The van der Waals surface area contributed by atoms with E-state index in [0.29, 0.717) is 13.1 Å². The van der Waals surface area contributed by atoms with Crippen LogP contribution in [0.1, 0.15) is 18.1 Å². The summed E-state index contributed by atoms with van der Waals surface area (Å²) < 4.78 is 0. The van der Waals surface area contributed by atoms with E-state index in [0.717, 1.165) is 22.5 Å². The molecule has 0 spiro atoms. The molecule has 1 unspecified atom stereocenters. The Morgan fingerprint density at radius 1 is 1.00 bits per heavy atom. The van der Waals surface area contributed by atoms with Gasteiger partial charge in [-0.25, -0.2) is 0 Å². The Balaban J connectivity index is 1.82. The number of carbonyl (C=O) groups excluding carboxylic acids is 1. The molecule has 114 valence electrons. The standard InChI is InChI=1S/C20H18N2O/c1-20(16-10-6-3-7-11-16)14-17-18(15-8-4-2-5-9-15)21-12-13-22(17)19(20)23/h2-11,14H,12-13H2,1H3. The molecule has 2 aliphatic heterocycles. The van der Waals surface area contributed by atoms with Crippen molar-refractivity contribution >= 4 is 11.6 Å². The fourth-order valence-electron chi connectivity index (χ4n) is 3.39. The fourth-order valence-corrected chi connectivity index (χ4v) is 3.39. The summed E-state index contributed by atoms with van der Waals surface area (Å²) in [6.45, 7) is 3.31. The van der Waals surface area contributed by atoms with Gasteiger partial charge in [-0.2, -0.15) is 0 Å². The van der Waals surface area contributed by atoms with Crippen LogP contribution in [-0.2, 0) is 10.2 Å². The molecule has 3 heteroatoms. The summed E-state index contributed by atoms with van der Waals surface area (Å²) in [4.78, 5) is 19.6. The Morgan fingerprint density at radius 2 is 1.65 bits per heavy atom. The Hall–Kier alpha value is -2.68. The molecule has 0 saturated carbocycles. The lowest BCUT2D eigenvalue weighted by Crippen LogP contribution is -2.41. The zero-order chi connectivity index (χ0) is 15.9. The van der Waals surface area contributed by atoms with E-state index in [4.69, 9.17) is 4.99 Å². The maximum Gasteiger partial charge on any atom is 0.241 e. The number of benzene rings is 2. The van der Waals surface area contributed by atoms with Gasteiger partial charge in [0.15, 0.2) is 0 Å². The van der Waals surface area contributed by atoms with E-state index in [-0.39, 0.29) is 5.91 Å². The van der Waals surface area contributed by atoms with Crippen molar-refractivity contribution in [2.24, 2.45) is 4.99 Å². The molecule has 0 fully saturated rings. The maximum absolute atomic E-state index is 13.1. The number of hydrogen-bond donors (Lipinski definition) is 0. The van der Waals surface area contributed by atoms with E-state index in [2.05, 4.69) is 6.08 Å². The van der Waals surface area contributed by atoms with Gasteiger partial charge in [-0.3, -0.25) is 9.79 Å². The smallest absolute Gasteiger partial charge is 0.241 e. The molecular weight excluding hydrogens is 284 g/mol. The molecule has 2 aromatic rings. The lowest BCUT2D eigenvalue weighted by atomic mass is 9.82. The fraction of sp³-hybridized carbons (Fsp3) is 0.200. The second kappa shape index (κ2) is 5.20. The summed E-state index contributed by atoms with van der Waals surface area (Å²) in [5, 5.41) is 0. The van der Waals surface area contributed by atoms with Gasteiger partial charge in [-0.05, 0) is 18.6 Å². The van der Waals surface area contributed by atoms with Crippen LogP contribution in [-0.4, -0.2) is 29.6 Å². The highest BCUT2D eigenvalue weighted by atomic mass is 16.2. The topological polar surface area (TPSA) is 32.7 Å². The predicted molar refractivity (Wildman–Crippen MR) is 91.4 cm³/mol. The summed E-state index contributed by atoms with van der Waals surface area (Å²) in [5.74, 6) is 0.141. The molecule has 0 saturated heterocycles. The molecule has 2 heterocycles. The number of fused-ring (bicyclic) bond motifs is 1. The summed E-state index contributed by atoms with van der Waals surface area (Å²) >= 11 is 0. The number of aliphatic imine (C=N–C) groups is 1. The number of allylic oxidation sites excluding steroid dienone is 1. The minimum atomic E-state index is -0.615. The molecule has 23 heavy (non-hydrogen) atoms. The lowest BCUT2D eigenvalue weighted by molar-refractivity contribution is -0.131. The van der Waals surface area contributed by atoms with Gasteiger partial charge in [0.05, 0.1) is 23.4 Å². The van der Waals surface area contributed by atoms with Crippen molar-refractivity contribution in [3.05, 3.63) is 83.6 Å². The number of rotatable bonds is 2. The Labute approximate surface area is 136 Å². The van der Waals surface area contributed by atoms with Crippen molar-refractivity contribution < 1.29 is 4.79 Å². The second-order valence-corrected chi connectivity index (χ2v) is 6.15. The Morgan fingerprint density at radius 3 is 2.35 bits per heavy atom. The van der Waals surface area contributed by atoms with E-state index in [1.54, 1.807) is 0 Å². The minimum Gasteiger partial charge on any atom is -0.308 e. The first-order valence-corrected chi connectivity index (χ1v) is 7.91. The van der Waals surface area contributed by atoms with Gasteiger partial charge < -0.3 is 4.90 Å². The first-order chi connectivity index (χ1) is 11.2. The van der Waals surface area contributed by atoms with Crippen molar-refractivity contribution in [3.8, 4) is 0 Å². The van der Waals surface area contributed by atoms with Gasteiger partial charge in [0.2, 0.25) is 5.91 Å². The van der Waals surface area contributed by atoms with Crippen LogP contribution in [0, 0.1) is 0 Å². The highest BCUT2D eigenvalue weighted by molar-refractivity contribution is 6.17. The molecule has 0 bridgehead atoms. The van der Waals surface area contributed by atoms with Crippen molar-refractivity contribution in [1.82, 2.24) is 4.90 Å². The summed E-state index contributed by atoms with van der Waals surface area (Å²) in [7, 11) is 0. The average molecular weight is 302 g/mol. The highest BCUT2D eigenvalue weighted by Crippen LogP contribution is 2.38. The van der Waals surface area contributed by atoms with Crippen LogP contribution in [0.15, 0.2) is 77.4 Å². The first-order valence-electron chi connectivity index (χ1n) is 7.91. The third-order valence-electron chi connectivity index (χ3n) is 4.66. The molecule has 1 amide bonds. The molecule has 2 aromatic carbocycles. The summed E-state index contributed by atoms with van der Waals surface area (Å²) in [5.41, 5.74) is 3.34. The van der Waals surface area contributed by atoms with Crippen LogP contribution in [0.2, 0.25) is 0 Å². The molecule has 0 aromatic heterocycles. The zero-order valence-corrected chi connectivity index (χ0v) is 13.1. The monoisotopic (exact) mass is 302 g/mol. The van der Waals surface area contributed by atoms with E-state index in [1.807, 2.05) is 72.5 Å². The largest absolute Gasteiger partial charge is 0.308 e. The lowest BCUT2D eigenvalue weighted by Gasteiger charge is -2.28. The Bertz CT molecular complexity index is 808. The maximum atomic E-state index is 13.1. The van der Waals surface area contributed by atoms with E-state index in [1.165, 1.54) is 0 Å². The van der Waals surface area contributed by atoms with Crippen molar-refractivity contribution in [2.75, 3.05) is 13.1 Å². The average Bonchev–Trinajstić information content (AvgIpc) is 2.89. The second-order valence-electron chi connectivity index (χ2n) is 6.15. The Kier molecular flexibility index (Phi) is 3.15. The highest BCUT2D eigenvalue weighted by Gasteiger charge is 2.45. The van der Waals surface area contributed by atoms with Crippen molar-refractivity contribution in [3.63, 3.8) is 0 Å². The minimum absolute atomic E-state index is 0.141. The van der Waals surface area contributed by atoms with Crippen LogP contribution < -0.4 is 0 Å². The molecular formula is C20H18N2O. The molecule has 0 aliphatic carbocycles. The van der Waals surface area contributed by atoms with Crippen molar-refractivity contribution in [2.45, 2.75) is 12.3 Å². The quantitative estimate of drug-likeness (QED) is 0.838. The van der Waals surface area contributed by atoms with Crippen LogP contribution in [0.4, 0.5) is 0 Å². The van der Waals surface area contributed by atoms with Crippen LogP contribution in [0.25, 0.3) is 0 Å². The van der Waals surface area contributed by atoms with Gasteiger partial charge in [-0.15, -0.1) is 0 Å².